The average Bonchev–Trinajstić information content (AvgIpc) is 2.85. The van der Waals surface area contributed by atoms with Crippen molar-refractivity contribution in [3.05, 3.63) is 17.3 Å². The van der Waals surface area contributed by atoms with E-state index in [2.05, 4.69) is 10.1 Å². The van der Waals surface area contributed by atoms with Crippen molar-refractivity contribution in [1.82, 2.24) is 10.1 Å². The van der Waals surface area contributed by atoms with Crippen molar-refractivity contribution < 1.29 is 14.4 Å². The molecule has 0 aliphatic carbocycles. The fourth-order valence-electron chi connectivity index (χ4n) is 1.11. The van der Waals surface area contributed by atoms with E-state index in [1.54, 1.807) is 18.6 Å². The van der Waals surface area contributed by atoms with Crippen LogP contribution in [0.1, 0.15) is 19.7 Å². The van der Waals surface area contributed by atoms with Crippen LogP contribution in [-0.4, -0.2) is 22.4 Å². The summed E-state index contributed by atoms with van der Waals surface area (Å²) in [6, 6.07) is 1.59. The van der Waals surface area contributed by atoms with Crippen LogP contribution in [0, 0.1) is 0 Å². The second kappa shape index (κ2) is 3.88. The monoisotopic (exact) mass is 240 g/mol. The molecule has 2 rings (SSSR count). The lowest BCUT2D eigenvalue weighted by Crippen LogP contribution is -2.21. The lowest BCUT2D eigenvalue weighted by Gasteiger charge is -2.17. The average molecular weight is 240 g/mol. The molecular weight excluding hydrogens is 228 g/mol. The Morgan fingerprint density at radius 1 is 1.50 bits per heavy atom. The number of nitrogens with zero attached hydrogens (tertiary/aromatic N) is 2. The minimum Gasteiger partial charge on any atom is -0.506 e. The first-order chi connectivity index (χ1) is 7.54. The minimum atomic E-state index is -0.603. The van der Waals surface area contributed by atoms with E-state index in [4.69, 9.17) is 9.26 Å². The Morgan fingerprint density at radius 3 is 2.81 bits per heavy atom. The first-order valence-electron chi connectivity index (χ1n) is 4.71. The van der Waals surface area contributed by atoms with Crippen LogP contribution in [0.25, 0.3) is 10.8 Å². The number of aromatic hydroxyl groups is 1. The van der Waals surface area contributed by atoms with Crippen LogP contribution in [0.2, 0.25) is 0 Å². The van der Waals surface area contributed by atoms with Gasteiger partial charge in [-0.05, 0) is 25.3 Å². The van der Waals surface area contributed by atoms with E-state index >= 15 is 0 Å². The van der Waals surface area contributed by atoms with E-state index in [9.17, 15) is 5.11 Å². The molecule has 0 bridgehead atoms. The molecule has 0 saturated heterocycles. The Bertz CT molecular complexity index is 490. The highest BCUT2D eigenvalue weighted by Gasteiger charge is 2.27. The van der Waals surface area contributed by atoms with E-state index in [-0.39, 0.29) is 5.75 Å². The Labute approximate surface area is 96.7 Å². The number of thiophene rings is 1. The van der Waals surface area contributed by atoms with Crippen molar-refractivity contribution in [2.45, 2.75) is 19.4 Å². The molecule has 0 saturated carbocycles. The molecule has 0 aromatic carbocycles. The molecule has 0 radical (unpaired) electrons. The maximum absolute atomic E-state index is 9.52. The maximum atomic E-state index is 9.52. The first kappa shape index (κ1) is 11.1. The van der Waals surface area contributed by atoms with E-state index in [1.807, 2.05) is 13.8 Å². The predicted octanol–water partition coefficient (Wildman–Crippen LogP) is 2.39. The highest BCUT2D eigenvalue weighted by molar-refractivity contribution is 7.13. The van der Waals surface area contributed by atoms with Gasteiger partial charge in [0.1, 0.15) is 16.2 Å². The lowest BCUT2D eigenvalue weighted by atomic mass is 10.1. The third kappa shape index (κ3) is 1.81. The highest BCUT2D eigenvalue weighted by Crippen LogP contribution is 2.34. The fourth-order valence-corrected chi connectivity index (χ4v) is 1.82. The SMILES string of the molecule is COC(C)(C)c1noc(-c2sccc2O)n1. The number of aromatic nitrogens is 2. The summed E-state index contributed by atoms with van der Waals surface area (Å²) >= 11 is 1.35. The third-order valence-electron chi connectivity index (χ3n) is 2.31. The predicted molar refractivity (Wildman–Crippen MR) is 59.3 cm³/mol. The number of hydrogen-bond acceptors (Lipinski definition) is 6. The fraction of sp³-hybridized carbons (Fsp3) is 0.400. The minimum absolute atomic E-state index is 0.149. The molecule has 2 heterocycles. The molecular formula is C10H12N2O3S. The van der Waals surface area contributed by atoms with Crippen molar-refractivity contribution in [2.75, 3.05) is 7.11 Å². The number of hydrogen-bond donors (Lipinski definition) is 1. The summed E-state index contributed by atoms with van der Waals surface area (Å²) in [6.45, 7) is 3.69. The van der Waals surface area contributed by atoms with E-state index in [0.29, 0.717) is 16.6 Å². The molecule has 16 heavy (non-hydrogen) atoms. The van der Waals surface area contributed by atoms with Crippen molar-refractivity contribution in [3.8, 4) is 16.5 Å². The van der Waals surface area contributed by atoms with Crippen molar-refractivity contribution in [3.63, 3.8) is 0 Å². The van der Waals surface area contributed by atoms with Crippen LogP contribution in [0.4, 0.5) is 0 Å². The topological polar surface area (TPSA) is 68.4 Å². The third-order valence-corrected chi connectivity index (χ3v) is 3.21. The molecule has 0 aliphatic heterocycles. The van der Waals surface area contributed by atoms with Gasteiger partial charge in [0.15, 0.2) is 0 Å². The zero-order valence-corrected chi connectivity index (χ0v) is 10.0. The molecule has 0 aliphatic rings. The highest BCUT2D eigenvalue weighted by atomic mass is 32.1. The van der Waals surface area contributed by atoms with E-state index in [1.165, 1.54) is 11.3 Å². The second-order valence-electron chi connectivity index (χ2n) is 3.77. The van der Waals surface area contributed by atoms with Gasteiger partial charge in [-0.3, -0.25) is 0 Å². The summed E-state index contributed by atoms with van der Waals surface area (Å²) in [4.78, 5) is 4.78. The van der Waals surface area contributed by atoms with Gasteiger partial charge in [0.05, 0.1) is 0 Å². The summed E-state index contributed by atoms with van der Waals surface area (Å²) in [5, 5.41) is 15.1. The summed E-state index contributed by atoms with van der Waals surface area (Å²) in [5.41, 5.74) is -0.603. The van der Waals surface area contributed by atoms with E-state index < -0.39 is 5.60 Å². The van der Waals surface area contributed by atoms with Gasteiger partial charge in [0.25, 0.3) is 5.89 Å². The van der Waals surface area contributed by atoms with Crippen LogP contribution in [0.15, 0.2) is 16.0 Å². The van der Waals surface area contributed by atoms with Gasteiger partial charge in [-0.2, -0.15) is 4.98 Å². The number of ether oxygens (including phenoxy) is 1. The second-order valence-corrected chi connectivity index (χ2v) is 4.69. The lowest BCUT2D eigenvalue weighted by molar-refractivity contribution is 0.00973. The van der Waals surface area contributed by atoms with Gasteiger partial charge in [0.2, 0.25) is 5.82 Å². The molecule has 2 aromatic heterocycles. The standard InChI is InChI=1S/C10H12N2O3S/c1-10(2,14-3)9-11-8(15-12-9)7-6(13)4-5-16-7/h4-5,13H,1-3H3. The Kier molecular flexibility index (Phi) is 2.69. The van der Waals surface area contributed by atoms with Gasteiger partial charge < -0.3 is 14.4 Å². The molecule has 2 aromatic rings. The molecule has 0 spiro atoms. The summed E-state index contributed by atoms with van der Waals surface area (Å²) < 4.78 is 10.3. The van der Waals surface area contributed by atoms with Crippen LogP contribution in [0.5, 0.6) is 5.75 Å². The van der Waals surface area contributed by atoms with Crippen LogP contribution in [-0.2, 0) is 10.3 Å². The first-order valence-corrected chi connectivity index (χ1v) is 5.58. The van der Waals surface area contributed by atoms with Gasteiger partial charge in [0, 0.05) is 7.11 Å². The zero-order valence-electron chi connectivity index (χ0n) is 9.22. The Balaban J connectivity index is 2.37. The summed E-state index contributed by atoms with van der Waals surface area (Å²) in [6.07, 6.45) is 0. The van der Waals surface area contributed by atoms with Crippen molar-refractivity contribution in [1.29, 1.82) is 0 Å². The molecule has 5 nitrogen and oxygen atoms in total. The maximum Gasteiger partial charge on any atom is 0.271 e. The zero-order chi connectivity index (χ0) is 11.8. The van der Waals surface area contributed by atoms with Crippen LogP contribution in [0.3, 0.4) is 0 Å². The summed E-state index contributed by atoms with van der Waals surface area (Å²) in [5.74, 6) is 0.917. The molecule has 86 valence electrons. The quantitative estimate of drug-likeness (QED) is 0.892. The van der Waals surface area contributed by atoms with Gasteiger partial charge in [-0.15, -0.1) is 11.3 Å². The summed E-state index contributed by atoms with van der Waals surface area (Å²) in [7, 11) is 1.58. The van der Waals surface area contributed by atoms with Gasteiger partial charge >= 0.3 is 0 Å². The Morgan fingerprint density at radius 2 is 2.25 bits per heavy atom. The molecule has 0 atom stereocenters. The van der Waals surface area contributed by atoms with Crippen molar-refractivity contribution >= 4 is 11.3 Å². The molecule has 0 amide bonds. The largest absolute Gasteiger partial charge is 0.506 e. The molecule has 0 fully saturated rings. The molecule has 6 heteroatoms. The van der Waals surface area contributed by atoms with Gasteiger partial charge in [-0.1, -0.05) is 5.16 Å². The normalized spacial score (nSPS) is 11.9. The van der Waals surface area contributed by atoms with Crippen LogP contribution < -0.4 is 0 Å². The van der Waals surface area contributed by atoms with E-state index in [0.717, 1.165) is 0 Å². The number of rotatable bonds is 3. The van der Waals surface area contributed by atoms with Gasteiger partial charge in [-0.25, -0.2) is 0 Å². The molecule has 1 N–H and O–H groups in total. The van der Waals surface area contributed by atoms with Crippen molar-refractivity contribution in [2.24, 2.45) is 0 Å². The number of methoxy groups -OCH3 is 1. The molecule has 0 unspecified atom stereocenters. The smallest absolute Gasteiger partial charge is 0.271 e. The Hall–Kier alpha value is -1.40. The van der Waals surface area contributed by atoms with Crippen LogP contribution >= 0.6 is 11.3 Å².